The van der Waals surface area contributed by atoms with E-state index in [1.165, 1.54) is 5.56 Å². The van der Waals surface area contributed by atoms with Crippen molar-refractivity contribution in [2.24, 2.45) is 0 Å². The van der Waals surface area contributed by atoms with Crippen molar-refractivity contribution >= 4 is 28.3 Å². The summed E-state index contributed by atoms with van der Waals surface area (Å²) in [6, 6.07) is 20.0. The van der Waals surface area contributed by atoms with Crippen LogP contribution in [-0.4, -0.2) is 21.4 Å². The van der Waals surface area contributed by atoms with Crippen molar-refractivity contribution < 1.29 is 5.11 Å². The third-order valence-electron chi connectivity index (χ3n) is 3.95. The van der Waals surface area contributed by atoms with Crippen molar-refractivity contribution in [2.75, 3.05) is 7.05 Å². The van der Waals surface area contributed by atoms with E-state index in [1.54, 1.807) is 11.8 Å². The van der Waals surface area contributed by atoms with Gasteiger partial charge in [-0.3, -0.25) is 0 Å². The summed E-state index contributed by atoms with van der Waals surface area (Å²) >= 11 is 7.13. The van der Waals surface area contributed by atoms with Gasteiger partial charge in [0.25, 0.3) is 0 Å². The van der Waals surface area contributed by atoms with Gasteiger partial charge in [-0.2, -0.15) is 0 Å². The maximum Gasteiger partial charge on any atom is 0.166 e. The molecule has 2 aromatic carbocycles. The molecule has 1 N–H and O–H groups in total. The topological polar surface area (TPSA) is 23.5 Å². The molecule has 3 rings (SSSR count). The molecule has 0 saturated carbocycles. The minimum atomic E-state index is -1.05. The van der Waals surface area contributed by atoms with E-state index in [0.29, 0.717) is 6.42 Å². The zero-order valence-corrected chi connectivity index (χ0v) is 13.4. The highest BCUT2D eigenvalue weighted by atomic mass is 32.2. The Balaban J connectivity index is 1.98. The van der Waals surface area contributed by atoms with E-state index in [0.717, 1.165) is 9.88 Å². The summed E-state index contributed by atoms with van der Waals surface area (Å²) < 4.78 is 0.724. The normalized spacial score (nSPS) is 25.9. The summed E-state index contributed by atoms with van der Waals surface area (Å²) in [6.45, 7) is 0. The standard InChI is InChI=1S/C17H17NOS2/c1-18-16(20)21-15(13-8-4-2-5-9-13)12-17(18,19)14-10-6-3-7-11-14/h2-11,15,19H,12H2,1H3. The molecular formula is C17H17NOS2. The van der Waals surface area contributed by atoms with Crippen molar-refractivity contribution in [3.63, 3.8) is 0 Å². The summed E-state index contributed by atoms with van der Waals surface area (Å²) in [5.41, 5.74) is 1.03. The third kappa shape index (κ3) is 2.71. The van der Waals surface area contributed by atoms with Gasteiger partial charge < -0.3 is 10.0 Å². The van der Waals surface area contributed by atoms with Crippen LogP contribution < -0.4 is 0 Å². The molecule has 0 bridgehead atoms. The van der Waals surface area contributed by atoms with Gasteiger partial charge in [-0.15, -0.1) is 0 Å². The van der Waals surface area contributed by atoms with Crippen LogP contribution in [0.2, 0.25) is 0 Å². The Morgan fingerprint density at radius 3 is 2.29 bits per heavy atom. The Kier molecular flexibility index (Phi) is 4.02. The monoisotopic (exact) mass is 315 g/mol. The molecule has 1 aliphatic heterocycles. The van der Waals surface area contributed by atoms with Crippen LogP contribution in [0, 0.1) is 0 Å². The molecule has 0 radical (unpaired) electrons. The van der Waals surface area contributed by atoms with Crippen molar-refractivity contribution in [3.05, 3.63) is 71.8 Å². The fourth-order valence-electron chi connectivity index (χ4n) is 2.66. The van der Waals surface area contributed by atoms with Crippen molar-refractivity contribution in [2.45, 2.75) is 17.4 Å². The average Bonchev–Trinajstić information content (AvgIpc) is 2.54. The molecule has 0 spiro atoms. The minimum Gasteiger partial charge on any atom is -0.367 e. The number of nitrogens with zero attached hydrogens (tertiary/aromatic N) is 1. The minimum absolute atomic E-state index is 0.167. The second-order valence-electron chi connectivity index (χ2n) is 5.23. The molecule has 0 aliphatic carbocycles. The van der Waals surface area contributed by atoms with Crippen LogP contribution in [0.4, 0.5) is 0 Å². The summed E-state index contributed by atoms with van der Waals surface area (Å²) in [5, 5.41) is 11.4. The molecule has 4 heteroatoms. The second kappa shape index (κ2) is 5.79. The molecular weight excluding hydrogens is 298 g/mol. The van der Waals surface area contributed by atoms with Crippen LogP contribution in [0.3, 0.4) is 0 Å². The van der Waals surface area contributed by atoms with Gasteiger partial charge >= 0.3 is 0 Å². The van der Waals surface area contributed by atoms with Crippen LogP contribution in [0.5, 0.6) is 0 Å². The summed E-state index contributed by atoms with van der Waals surface area (Å²) in [7, 11) is 1.86. The van der Waals surface area contributed by atoms with E-state index in [1.807, 2.05) is 60.5 Å². The summed E-state index contributed by atoms with van der Waals surface area (Å²) in [6.07, 6.45) is 0.613. The number of rotatable bonds is 2. The molecule has 2 atom stereocenters. The Labute approximate surface area is 134 Å². The zero-order valence-electron chi connectivity index (χ0n) is 11.8. The maximum absolute atomic E-state index is 11.2. The van der Waals surface area contributed by atoms with Gasteiger partial charge in [0.15, 0.2) is 5.72 Å². The zero-order chi connectivity index (χ0) is 14.9. The number of aliphatic hydroxyl groups is 1. The van der Waals surface area contributed by atoms with Gasteiger partial charge in [0.05, 0.1) is 0 Å². The molecule has 0 amide bonds. The van der Waals surface area contributed by atoms with E-state index in [2.05, 4.69) is 12.1 Å². The third-order valence-corrected chi connectivity index (χ3v) is 5.71. The van der Waals surface area contributed by atoms with Gasteiger partial charge in [-0.05, 0) is 5.56 Å². The summed E-state index contributed by atoms with van der Waals surface area (Å²) in [5.74, 6) is 0. The summed E-state index contributed by atoms with van der Waals surface area (Å²) in [4.78, 5) is 1.81. The predicted octanol–water partition coefficient (Wildman–Crippen LogP) is 3.93. The predicted molar refractivity (Wildman–Crippen MR) is 92.1 cm³/mol. The largest absolute Gasteiger partial charge is 0.367 e. The van der Waals surface area contributed by atoms with Crippen LogP contribution in [-0.2, 0) is 5.72 Å². The highest BCUT2D eigenvalue weighted by Gasteiger charge is 2.43. The van der Waals surface area contributed by atoms with Gasteiger partial charge in [0, 0.05) is 24.3 Å². The first kappa shape index (κ1) is 14.6. The van der Waals surface area contributed by atoms with E-state index >= 15 is 0 Å². The van der Waals surface area contributed by atoms with Crippen LogP contribution in [0.25, 0.3) is 0 Å². The molecule has 2 unspecified atom stereocenters. The number of benzene rings is 2. The lowest BCUT2D eigenvalue weighted by Gasteiger charge is -2.45. The lowest BCUT2D eigenvalue weighted by Crippen LogP contribution is -2.49. The fraction of sp³-hybridized carbons (Fsp3) is 0.235. The molecule has 1 aliphatic rings. The Morgan fingerprint density at radius 2 is 1.67 bits per heavy atom. The van der Waals surface area contributed by atoms with Gasteiger partial charge in [0.1, 0.15) is 4.32 Å². The SMILES string of the molecule is CN1C(=S)SC(c2ccccc2)CC1(O)c1ccccc1. The lowest BCUT2D eigenvalue weighted by atomic mass is 9.93. The molecule has 108 valence electrons. The van der Waals surface area contributed by atoms with Crippen LogP contribution in [0.1, 0.15) is 22.8 Å². The van der Waals surface area contributed by atoms with Gasteiger partial charge in [0.2, 0.25) is 0 Å². The number of hydrogen-bond acceptors (Lipinski definition) is 3. The van der Waals surface area contributed by atoms with Crippen molar-refractivity contribution in [3.8, 4) is 0 Å². The first-order chi connectivity index (χ1) is 10.1. The highest BCUT2D eigenvalue weighted by molar-refractivity contribution is 8.23. The molecule has 2 nitrogen and oxygen atoms in total. The van der Waals surface area contributed by atoms with Crippen LogP contribution in [0.15, 0.2) is 60.7 Å². The molecule has 1 heterocycles. The quantitative estimate of drug-likeness (QED) is 0.848. The fourth-order valence-corrected chi connectivity index (χ4v) is 4.32. The smallest absolute Gasteiger partial charge is 0.166 e. The molecule has 21 heavy (non-hydrogen) atoms. The van der Waals surface area contributed by atoms with Crippen LogP contribution >= 0.6 is 24.0 Å². The Hall–Kier alpha value is -1.36. The number of thiocarbonyl (C=S) groups is 1. The maximum atomic E-state index is 11.2. The molecule has 1 saturated heterocycles. The number of thioether (sulfide) groups is 1. The van der Waals surface area contributed by atoms with E-state index in [4.69, 9.17) is 12.2 Å². The first-order valence-corrected chi connectivity index (χ1v) is 8.17. The Bertz CT molecular complexity index is 632. The highest BCUT2D eigenvalue weighted by Crippen LogP contribution is 2.47. The Morgan fingerprint density at radius 1 is 1.10 bits per heavy atom. The van der Waals surface area contributed by atoms with E-state index in [-0.39, 0.29) is 5.25 Å². The second-order valence-corrected chi connectivity index (χ2v) is 7.07. The van der Waals surface area contributed by atoms with E-state index < -0.39 is 5.72 Å². The van der Waals surface area contributed by atoms with Crippen molar-refractivity contribution in [1.29, 1.82) is 0 Å². The first-order valence-electron chi connectivity index (χ1n) is 6.88. The lowest BCUT2D eigenvalue weighted by molar-refractivity contribution is -0.0720. The number of hydrogen-bond donors (Lipinski definition) is 1. The van der Waals surface area contributed by atoms with Crippen molar-refractivity contribution in [1.82, 2.24) is 4.90 Å². The van der Waals surface area contributed by atoms with Gasteiger partial charge in [-0.25, -0.2) is 0 Å². The molecule has 2 aromatic rings. The van der Waals surface area contributed by atoms with E-state index in [9.17, 15) is 5.11 Å². The van der Waals surface area contributed by atoms with Gasteiger partial charge in [-0.1, -0.05) is 84.6 Å². The molecule has 0 aromatic heterocycles. The average molecular weight is 315 g/mol. The molecule has 1 fully saturated rings.